The van der Waals surface area contributed by atoms with Crippen LogP contribution in [0.5, 0.6) is 0 Å². The predicted molar refractivity (Wildman–Crippen MR) is 147 cm³/mol. The summed E-state index contributed by atoms with van der Waals surface area (Å²) >= 11 is 0. The van der Waals surface area contributed by atoms with Crippen molar-refractivity contribution in [2.45, 2.75) is 89.9 Å². The molecule has 15 heteroatoms. The summed E-state index contributed by atoms with van der Waals surface area (Å²) in [4.78, 5) is 60.3. The van der Waals surface area contributed by atoms with Crippen molar-refractivity contribution < 1.29 is 52.8 Å². The van der Waals surface area contributed by atoms with Crippen molar-refractivity contribution in [3.63, 3.8) is 0 Å². The smallest absolute Gasteiger partial charge is 0.411 e. The first-order valence-electron chi connectivity index (χ1n) is 12.1. The fraction of sp³-hybridized carbons (Fsp3) is 0.792. The molecule has 2 amide bonds. The molecule has 3 aliphatic heterocycles. The van der Waals surface area contributed by atoms with Gasteiger partial charge in [-0.1, -0.05) is 0 Å². The Kier molecular flexibility index (Phi) is 13.6. The van der Waals surface area contributed by atoms with Crippen molar-refractivity contribution in [1.82, 2.24) is 9.80 Å². The van der Waals surface area contributed by atoms with Crippen molar-refractivity contribution in [2.75, 3.05) is 33.4 Å². The monoisotopic (exact) mass is 598 g/mol. The van der Waals surface area contributed by atoms with Gasteiger partial charge < -0.3 is 28.8 Å². The fourth-order valence-electron chi connectivity index (χ4n) is 3.95. The molecule has 3 aliphatic rings. The second-order valence-corrected chi connectivity index (χ2v) is 11.0. The first-order chi connectivity index (χ1) is 17.0. The van der Waals surface area contributed by atoms with Gasteiger partial charge in [0.05, 0.1) is 33.4 Å². The second-order valence-electron chi connectivity index (χ2n) is 11.0. The topological polar surface area (TPSA) is 158 Å². The van der Waals surface area contributed by atoms with Crippen LogP contribution in [0.4, 0.5) is 9.59 Å². The Morgan fingerprint density at radius 3 is 1.82 bits per heavy atom. The third-order valence-corrected chi connectivity index (χ3v) is 5.47. The van der Waals surface area contributed by atoms with Crippen molar-refractivity contribution in [2.24, 2.45) is 0 Å². The Morgan fingerprint density at radius 2 is 1.38 bits per heavy atom. The van der Waals surface area contributed by atoms with Gasteiger partial charge >= 0.3 is 24.1 Å². The van der Waals surface area contributed by atoms with Crippen LogP contribution in [0.3, 0.4) is 0 Å². The number of rotatable bonds is 2. The number of carbonyl (C=O) groups is 5. The molecule has 3 saturated heterocycles. The first-order valence-corrected chi connectivity index (χ1v) is 12.1. The average Bonchev–Trinajstić information content (AvgIpc) is 3.33. The van der Waals surface area contributed by atoms with E-state index in [1.807, 2.05) is 0 Å². The number of carboxylic acid groups (broad SMARTS) is 1. The third-order valence-electron chi connectivity index (χ3n) is 5.47. The molecule has 0 saturated carbocycles. The maximum atomic E-state index is 12.1. The highest BCUT2D eigenvalue weighted by Crippen LogP contribution is 2.35. The molecule has 2 atom stereocenters. The lowest BCUT2D eigenvalue weighted by molar-refractivity contribution is -0.257. The zero-order chi connectivity index (χ0) is 28.2. The average molecular weight is 599 g/mol. The molecule has 3 fully saturated rings. The maximum absolute atomic E-state index is 12.1. The standard InChI is InChI=1S/C13H21NO6.C11H17NO5.2H2S/c1-12(2,3)20-11(17)14-8-13(7-9(14)10(15)16)18-5-4-6-19-13;1-11(2,3)17-10(15)12-6-7(13)5-8(12)9(14)16-4;;/h9H,4-8H2,1-3H3,(H,15,16);8H,5-6H2,1-4H3;2*1H2/t9-;8-;;/m00../s1. The summed E-state index contributed by atoms with van der Waals surface area (Å²) in [7, 11) is 1.22. The van der Waals surface area contributed by atoms with Crippen molar-refractivity contribution in [3.8, 4) is 0 Å². The molecule has 0 aromatic carbocycles. The van der Waals surface area contributed by atoms with Crippen LogP contribution in [-0.2, 0) is 38.1 Å². The number of hydrogen-bond donors (Lipinski definition) is 1. The number of methoxy groups -OCH3 is 1. The van der Waals surface area contributed by atoms with Gasteiger partial charge in [0.25, 0.3) is 0 Å². The summed E-state index contributed by atoms with van der Waals surface area (Å²) in [6, 6.07) is -1.84. The van der Waals surface area contributed by atoms with Gasteiger partial charge in [0, 0.05) is 12.8 Å². The lowest BCUT2D eigenvalue weighted by Gasteiger charge is -2.33. The van der Waals surface area contributed by atoms with E-state index in [4.69, 9.17) is 18.9 Å². The lowest BCUT2D eigenvalue weighted by Crippen LogP contribution is -2.46. The van der Waals surface area contributed by atoms with Crippen molar-refractivity contribution >= 4 is 56.9 Å². The van der Waals surface area contributed by atoms with Crippen LogP contribution >= 0.6 is 27.0 Å². The van der Waals surface area contributed by atoms with E-state index in [1.54, 1.807) is 41.5 Å². The molecule has 0 aromatic rings. The van der Waals surface area contributed by atoms with Crippen LogP contribution < -0.4 is 0 Å². The summed E-state index contributed by atoms with van der Waals surface area (Å²) in [5.74, 6) is -2.85. The number of esters is 1. The number of amides is 2. The quantitative estimate of drug-likeness (QED) is 0.367. The molecule has 0 aliphatic carbocycles. The summed E-state index contributed by atoms with van der Waals surface area (Å²) in [6.45, 7) is 11.4. The van der Waals surface area contributed by atoms with Gasteiger partial charge in [-0.15, -0.1) is 0 Å². The Balaban J connectivity index is 0.000000714. The number of nitrogens with zero attached hydrogens (tertiary/aromatic N) is 2. The molecule has 3 heterocycles. The largest absolute Gasteiger partial charge is 0.480 e. The summed E-state index contributed by atoms with van der Waals surface area (Å²) in [5.41, 5.74) is -1.34. The van der Waals surface area contributed by atoms with E-state index in [0.717, 1.165) is 11.3 Å². The molecule has 226 valence electrons. The summed E-state index contributed by atoms with van der Waals surface area (Å²) < 4.78 is 26.1. The molecule has 0 radical (unpaired) electrons. The lowest BCUT2D eigenvalue weighted by atomic mass is 10.1. The SMILES string of the molecule is CC(C)(C)OC(=O)N1CC2(C[C@H]1C(=O)O)OCCCO2.COC(=O)[C@@H]1CC(=O)CN1C(=O)OC(C)(C)C.S.S. The zero-order valence-electron chi connectivity index (χ0n) is 23.5. The summed E-state index contributed by atoms with van der Waals surface area (Å²) in [5, 5.41) is 9.28. The Morgan fingerprint density at radius 1 is 0.897 bits per heavy atom. The van der Waals surface area contributed by atoms with E-state index < -0.39 is 53.2 Å². The number of ketones is 1. The van der Waals surface area contributed by atoms with Crippen LogP contribution in [0.25, 0.3) is 0 Å². The Labute approximate surface area is 242 Å². The van der Waals surface area contributed by atoms with Gasteiger partial charge in [-0.25, -0.2) is 19.2 Å². The van der Waals surface area contributed by atoms with Crippen LogP contribution in [0.1, 0.15) is 60.8 Å². The van der Waals surface area contributed by atoms with E-state index in [-0.39, 0.29) is 58.7 Å². The number of likely N-dealkylation sites (tertiary alicyclic amines) is 2. The number of aliphatic carboxylic acids is 1. The normalized spacial score (nSPS) is 22.1. The van der Waals surface area contributed by atoms with Gasteiger partial charge in [0.2, 0.25) is 0 Å². The van der Waals surface area contributed by atoms with E-state index in [2.05, 4.69) is 4.74 Å². The minimum absolute atomic E-state index is 0. The second kappa shape index (κ2) is 14.4. The number of carboxylic acids is 1. The van der Waals surface area contributed by atoms with E-state index in [1.165, 1.54) is 12.0 Å². The highest BCUT2D eigenvalue weighted by atomic mass is 32.1. The van der Waals surface area contributed by atoms with Crippen LogP contribution in [-0.4, -0.2) is 107 Å². The molecule has 1 spiro atoms. The van der Waals surface area contributed by atoms with Gasteiger partial charge in [-0.3, -0.25) is 14.6 Å². The number of ether oxygens (including phenoxy) is 5. The molecule has 3 rings (SSSR count). The molecule has 0 aromatic heterocycles. The third kappa shape index (κ3) is 10.7. The molecular weight excluding hydrogens is 556 g/mol. The molecule has 0 bridgehead atoms. The van der Waals surface area contributed by atoms with Crippen LogP contribution in [0, 0.1) is 0 Å². The Hall–Kier alpha value is -2.23. The van der Waals surface area contributed by atoms with E-state index >= 15 is 0 Å². The molecule has 13 nitrogen and oxygen atoms in total. The van der Waals surface area contributed by atoms with Crippen molar-refractivity contribution in [3.05, 3.63) is 0 Å². The van der Waals surface area contributed by atoms with Gasteiger partial charge in [0.15, 0.2) is 11.6 Å². The van der Waals surface area contributed by atoms with Gasteiger partial charge in [-0.2, -0.15) is 27.0 Å². The van der Waals surface area contributed by atoms with Gasteiger partial charge in [0.1, 0.15) is 23.3 Å². The van der Waals surface area contributed by atoms with E-state index in [9.17, 15) is 29.1 Å². The number of Topliss-reactive ketones (excluding diaryl/α,β-unsaturated/α-hetero) is 1. The number of carbonyl (C=O) groups excluding carboxylic acids is 4. The fourth-order valence-corrected chi connectivity index (χ4v) is 3.95. The molecule has 39 heavy (non-hydrogen) atoms. The zero-order valence-corrected chi connectivity index (χ0v) is 25.5. The minimum Gasteiger partial charge on any atom is -0.480 e. The molecule has 1 N–H and O–H groups in total. The minimum atomic E-state index is -1.08. The van der Waals surface area contributed by atoms with Crippen LogP contribution in [0.2, 0.25) is 0 Å². The van der Waals surface area contributed by atoms with Crippen molar-refractivity contribution in [1.29, 1.82) is 0 Å². The van der Waals surface area contributed by atoms with E-state index in [0.29, 0.717) is 13.2 Å². The predicted octanol–water partition coefficient (Wildman–Crippen LogP) is 2.18. The maximum Gasteiger partial charge on any atom is 0.411 e. The summed E-state index contributed by atoms with van der Waals surface area (Å²) in [6.07, 6.45) is -0.433. The number of hydrogen-bond acceptors (Lipinski definition) is 10. The van der Waals surface area contributed by atoms with Crippen LogP contribution in [0.15, 0.2) is 0 Å². The molecule has 0 unspecified atom stereocenters. The Bertz CT molecular complexity index is 895. The highest BCUT2D eigenvalue weighted by Gasteiger charge is 2.52. The molecular formula is C24H42N2O11S2. The highest BCUT2D eigenvalue weighted by molar-refractivity contribution is 7.59. The van der Waals surface area contributed by atoms with Gasteiger partial charge in [-0.05, 0) is 48.0 Å². The first kappa shape index (κ1) is 36.8.